The Hall–Kier alpha value is -2.66. The minimum atomic E-state index is -0.00885. The molecule has 0 atom stereocenters. The van der Waals surface area contributed by atoms with Crippen LogP contribution in [0.1, 0.15) is 31.5 Å². The van der Waals surface area contributed by atoms with Gasteiger partial charge in [0, 0.05) is 13.6 Å². The predicted molar refractivity (Wildman–Crippen MR) is 105 cm³/mol. The molecule has 0 bridgehead atoms. The van der Waals surface area contributed by atoms with Crippen LogP contribution in [0.4, 0.5) is 0 Å². The first-order valence-corrected chi connectivity index (χ1v) is 9.30. The van der Waals surface area contributed by atoms with Crippen LogP contribution in [0.3, 0.4) is 0 Å². The third-order valence-corrected chi connectivity index (χ3v) is 5.15. The maximum absolute atomic E-state index is 12.8. The molecule has 0 saturated heterocycles. The number of hydrogen-bond donors (Lipinski definition) is 0. The Morgan fingerprint density at radius 1 is 1.08 bits per heavy atom. The number of carbonyl (C=O) groups excluding carboxylic acids is 1. The zero-order chi connectivity index (χ0) is 18.5. The van der Waals surface area contributed by atoms with Crippen LogP contribution in [0.15, 0.2) is 54.6 Å². The lowest BCUT2D eigenvalue weighted by atomic mass is 10.2. The lowest BCUT2D eigenvalue weighted by molar-refractivity contribution is 0.0789. The smallest absolute Gasteiger partial charge is 0.265 e. The second-order valence-electron chi connectivity index (χ2n) is 6.27. The Kier molecular flexibility index (Phi) is 5.68. The number of nitrogens with zero attached hydrogens (tertiary/aromatic N) is 2. The summed E-state index contributed by atoms with van der Waals surface area (Å²) in [5.74, 6) is 0.794. The van der Waals surface area contributed by atoms with E-state index in [1.54, 1.807) is 4.90 Å². The van der Waals surface area contributed by atoms with Gasteiger partial charge in [-0.3, -0.25) is 4.79 Å². The van der Waals surface area contributed by atoms with Crippen LogP contribution < -0.4 is 4.74 Å². The summed E-state index contributed by atoms with van der Waals surface area (Å²) >= 11 is 1.40. The van der Waals surface area contributed by atoms with E-state index in [4.69, 9.17) is 4.74 Å². The summed E-state index contributed by atoms with van der Waals surface area (Å²) in [7, 11) is 1.82. The van der Waals surface area contributed by atoms with Gasteiger partial charge in [0.1, 0.15) is 22.2 Å². The van der Waals surface area contributed by atoms with E-state index in [1.807, 2.05) is 75.5 Å². The summed E-state index contributed by atoms with van der Waals surface area (Å²) < 4.78 is 5.77. The molecule has 26 heavy (non-hydrogen) atoms. The van der Waals surface area contributed by atoms with E-state index < -0.39 is 0 Å². The first kappa shape index (κ1) is 18.1. The van der Waals surface area contributed by atoms with Gasteiger partial charge in [-0.2, -0.15) is 0 Å². The number of rotatable bonds is 6. The van der Waals surface area contributed by atoms with Crippen molar-refractivity contribution in [1.82, 2.24) is 9.88 Å². The number of carbonyl (C=O) groups is 1. The average molecular weight is 366 g/mol. The molecule has 0 unspecified atom stereocenters. The largest absolute Gasteiger partial charge is 0.486 e. The van der Waals surface area contributed by atoms with Gasteiger partial charge >= 0.3 is 0 Å². The van der Waals surface area contributed by atoms with E-state index >= 15 is 0 Å². The third-order valence-electron chi connectivity index (χ3n) is 4.03. The van der Waals surface area contributed by atoms with Crippen LogP contribution in [0.25, 0.3) is 0 Å². The second kappa shape index (κ2) is 8.15. The van der Waals surface area contributed by atoms with Crippen molar-refractivity contribution < 1.29 is 9.53 Å². The maximum atomic E-state index is 12.8. The summed E-state index contributed by atoms with van der Waals surface area (Å²) in [4.78, 5) is 19.6. The second-order valence-corrected chi connectivity index (χ2v) is 7.35. The molecule has 1 amide bonds. The molecular weight excluding hydrogens is 344 g/mol. The molecule has 0 aliphatic heterocycles. The summed E-state index contributed by atoms with van der Waals surface area (Å²) in [5, 5.41) is 0.805. The van der Waals surface area contributed by atoms with Gasteiger partial charge in [-0.25, -0.2) is 4.98 Å². The molecule has 0 saturated carbocycles. The first-order valence-electron chi connectivity index (χ1n) is 8.48. The molecule has 2 aromatic carbocycles. The van der Waals surface area contributed by atoms with Crippen molar-refractivity contribution >= 4 is 17.2 Å². The highest BCUT2D eigenvalue weighted by atomic mass is 32.1. The SMILES string of the molecule is Cc1ccc(OCc2nc(C)c(C(=O)N(C)Cc3ccccc3)s2)cc1. The molecule has 5 heteroatoms. The van der Waals surface area contributed by atoms with Gasteiger partial charge in [-0.1, -0.05) is 48.0 Å². The molecule has 3 rings (SSSR count). The molecule has 4 nitrogen and oxygen atoms in total. The Morgan fingerprint density at radius 2 is 1.77 bits per heavy atom. The fourth-order valence-electron chi connectivity index (χ4n) is 2.59. The van der Waals surface area contributed by atoms with Crippen LogP contribution in [-0.2, 0) is 13.2 Å². The highest BCUT2D eigenvalue weighted by molar-refractivity contribution is 7.13. The normalized spacial score (nSPS) is 10.6. The molecular formula is C21H22N2O2S. The number of ether oxygens (including phenoxy) is 1. The minimum absolute atomic E-state index is 0.00885. The van der Waals surface area contributed by atoms with Crippen molar-refractivity contribution in [2.24, 2.45) is 0 Å². The molecule has 1 aromatic heterocycles. The zero-order valence-electron chi connectivity index (χ0n) is 15.2. The highest BCUT2D eigenvalue weighted by Crippen LogP contribution is 2.22. The number of amides is 1. The van der Waals surface area contributed by atoms with Gasteiger partial charge in [0.15, 0.2) is 0 Å². The predicted octanol–water partition coefficient (Wildman–Crippen LogP) is 4.61. The van der Waals surface area contributed by atoms with Crippen molar-refractivity contribution in [2.75, 3.05) is 7.05 Å². The van der Waals surface area contributed by atoms with E-state index in [0.717, 1.165) is 22.0 Å². The Balaban J connectivity index is 1.65. The Morgan fingerprint density at radius 3 is 2.46 bits per heavy atom. The number of aromatic nitrogens is 1. The van der Waals surface area contributed by atoms with Gasteiger partial charge in [0.2, 0.25) is 0 Å². The van der Waals surface area contributed by atoms with Crippen molar-refractivity contribution in [3.05, 3.63) is 81.3 Å². The lowest BCUT2D eigenvalue weighted by Gasteiger charge is -2.16. The molecule has 0 spiro atoms. The fourth-order valence-corrected chi connectivity index (χ4v) is 3.57. The van der Waals surface area contributed by atoms with Crippen LogP contribution in [0, 0.1) is 13.8 Å². The number of aryl methyl sites for hydroxylation is 2. The van der Waals surface area contributed by atoms with Gasteiger partial charge in [0.05, 0.1) is 5.69 Å². The van der Waals surface area contributed by atoms with E-state index in [-0.39, 0.29) is 5.91 Å². The quantitative estimate of drug-likeness (QED) is 0.640. The highest BCUT2D eigenvalue weighted by Gasteiger charge is 2.19. The van der Waals surface area contributed by atoms with Gasteiger partial charge in [-0.05, 0) is 31.5 Å². The summed E-state index contributed by atoms with van der Waals surface area (Å²) in [5.41, 5.74) is 3.05. The zero-order valence-corrected chi connectivity index (χ0v) is 16.0. The van der Waals surface area contributed by atoms with E-state index in [2.05, 4.69) is 4.98 Å². The molecule has 0 aliphatic carbocycles. The Bertz CT molecular complexity index is 873. The van der Waals surface area contributed by atoms with Crippen LogP contribution in [0.5, 0.6) is 5.75 Å². The van der Waals surface area contributed by atoms with Crippen LogP contribution >= 0.6 is 11.3 Å². The summed E-state index contributed by atoms with van der Waals surface area (Å²) in [6.45, 7) is 4.85. The maximum Gasteiger partial charge on any atom is 0.265 e. The molecule has 3 aromatic rings. The monoisotopic (exact) mass is 366 g/mol. The van der Waals surface area contributed by atoms with Gasteiger partial charge in [-0.15, -0.1) is 11.3 Å². The molecule has 0 fully saturated rings. The first-order chi connectivity index (χ1) is 12.5. The van der Waals surface area contributed by atoms with Crippen molar-refractivity contribution in [3.8, 4) is 5.75 Å². The lowest BCUT2D eigenvalue weighted by Crippen LogP contribution is -2.26. The summed E-state index contributed by atoms with van der Waals surface area (Å²) in [6.07, 6.45) is 0. The standard InChI is InChI=1S/C21H22N2O2S/c1-15-9-11-18(12-10-15)25-14-19-22-16(2)20(26-19)21(24)23(3)13-17-7-5-4-6-8-17/h4-12H,13-14H2,1-3H3. The number of thiazole rings is 1. The van der Waals surface area contributed by atoms with Crippen LogP contribution in [-0.4, -0.2) is 22.8 Å². The number of benzene rings is 2. The van der Waals surface area contributed by atoms with Gasteiger partial charge in [0.25, 0.3) is 5.91 Å². The molecule has 134 valence electrons. The molecule has 0 radical (unpaired) electrons. The van der Waals surface area contributed by atoms with E-state index in [1.165, 1.54) is 16.9 Å². The van der Waals surface area contributed by atoms with E-state index in [0.29, 0.717) is 18.0 Å². The van der Waals surface area contributed by atoms with Crippen molar-refractivity contribution in [1.29, 1.82) is 0 Å². The summed E-state index contributed by atoms with van der Waals surface area (Å²) in [6, 6.07) is 17.9. The molecule has 0 N–H and O–H groups in total. The van der Waals surface area contributed by atoms with Crippen molar-refractivity contribution in [2.45, 2.75) is 27.0 Å². The van der Waals surface area contributed by atoms with Gasteiger partial charge < -0.3 is 9.64 Å². The molecule has 1 heterocycles. The molecule has 0 aliphatic rings. The Labute approximate surface area is 158 Å². The number of hydrogen-bond acceptors (Lipinski definition) is 4. The average Bonchev–Trinajstić information content (AvgIpc) is 3.02. The van der Waals surface area contributed by atoms with Crippen molar-refractivity contribution in [3.63, 3.8) is 0 Å². The van der Waals surface area contributed by atoms with E-state index in [9.17, 15) is 4.79 Å². The van der Waals surface area contributed by atoms with Crippen LogP contribution in [0.2, 0.25) is 0 Å². The minimum Gasteiger partial charge on any atom is -0.486 e. The third kappa shape index (κ3) is 4.49. The fraction of sp³-hybridized carbons (Fsp3) is 0.238. The topological polar surface area (TPSA) is 42.4 Å².